The molecule has 1 aromatic rings. The van der Waals surface area contributed by atoms with E-state index in [-0.39, 0.29) is 25.1 Å². The number of aryl methyl sites for hydroxylation is 1. The number of methoxy groups -OCH3 is 2. The van der Waals surface area contributed by atoms with E-state index in [4.69, 9.17) is 18.9 Å². The largest absolute Gasteiger partial charge is 0.464 e. The first kappa shape index (κ1) is 12.7. The third-order valence-corrected chi connectivity index (χ3v) is 1.91. The molecular weight excluding hydrogens is 215 g/mol. The van der Waals surface area contributed by atoms with Gasteiger partial charge in [-0.15, -0.1) is 0 Å². The van der Waals surface area contributed by atoms with Crippen molar-refractivity contribution >= 4 is 0 Å². The Bertz CT molecular complexity index is 341. The summed E-state index contributed by atoms with van der Waals surface area (Å²) in [4.78, 5) is 0. The minimum atomic E-state index is -0.547. The van der Waals surface area contributed by atoms with Gasteiger partial charge in [0.15, 0.2) is 25.1 Å². The van der Waals surface area contributed by atoms with Gasteiger partial charge in [0.1, 0.15) is 0 Å². The highest BCUT2D eigenvalue weighted by Crippen LogP contribution is 2.30. The van der Waals surface area contributed by atoms with E-state index in [1.54, 1.807) is 13.0 Å². The van der Waals surface area contributed by atoms with Crippen molar-refractivity contribution in [3.63, 3.8) is 0 Å². The molecule has 0 aliphatic carbocycles. The van der Waals surface area contributed by atoms with E-state index in [0.29, 0.717) is 5.56 Å². The lowest BCUT2D eigenvalue weighted by molar-refractivity contribution is 0.0401. The van der Waals surface area contributed by atoms with Crippen molar-refractivity contribution in [2.24, 2.45) is 0 Å². The van der Waals surface area contributed by atoms with Crippen LogP contribution in [0.5, 0.6) is 11.5 Å². The van der Waals surface area contributed by atoms with E-state index in [1.807, 2.05) is 0 Å². The van der Waals surface area contributed by atoms with Crippen LogP contribution in [0.2, 0.25) is 0 Å². The van der Waals surface area contributed by atoms with Crippen LogP contribution in [0, 0.1) is 12.7 Å². The van der Waals surface area contributed by atoms with Crippen LogP contribution in [-0.2, 0) is 9.47 Å². The first-order valence-corrected chi connectivity index (χ1v) is 4.73. The molecule has 0 bridgehead atoms. The van der Waals surface area contributed by atoms with Gasteiger partial charge in [-0.25, -0.2) is 0 Å². The molecular formula is C11H15FO4. The quantitative estimate of drug-likeness (QED) is 0.701. The fraction of sp³-hybridized carbons (Fsp3) is 0.455. The third kappa shape index (κ3) is 3.08. The zero-order chi connectivity index (χ0) is 12.0. The molecule has 0 amide bonds. The minimum absolute atomic E-state index is 0.00844. The Morgan fingerprint density at radius 1 is 1.06 bits per heavy atom. The summed E-state index contributed by atoms with van der Waals surface area (Å²) in [6.07, 6.45) is 0. The highest BCUT2D eigenvalue weighted by molar-refractivity contribution is 5.41. The Labute approximate surface area is 93.9 Å². The Kier molecular flexibility index (Phi) is 5.01. The van der Waals surface area contributed by atoms with Gasteiger partial charge < -0.3 is 18.9 Å². The molecule has 4 nitrogen and oxygen atoms in total. The van der Waals surface area contributed by atoms with Crippen molar-refractivity contribution in [1.29, 1.82) is 0 Å². The van der Waals surface area contributed by atoms with E-state index in [2.05, 4.69) is 0 Å². The summed E-state index contributed by atoms with van der Waals surface area (Å²) in [6.45, 7) is 1.73. The van der Waals surface area contributed by atoms with Gasteiger partial charge in [-0.05, 0) is 18.6 Å². The van der Waals surface area contributed by atoms with Gasteiger partial charge >= 0.3 is 0 Å². The predicted octanol–water partition coefficient (Wildman–Crippen LogP) is 2.10. The average Bonchev–Trinajstić information content (AvgIpc) is 2.28. The van der Waals surface area contributed by atoms with Crippen LogP contribution in [0.15, 0.2) is 12.1 Å². The Balaban J connectivity index is 2.87. The van der Waals surface area contributed by atoms with Crippen LogP contribution in [0.3, 0.4) is 0 Å². The molecule has 0 unspecified atom stereocenters. The summed E-state index contributed by atoms with van der Waals surface area (Å²) in [5.41, 5.74) is 0.680. The fourth-order valence-corrected chi connectivity index (χ4v) is 1.16. The second-order valence-electron chi connectivity index (χ2n) is 3.13. The van der Waals surface area contributed by atoms with Gasteiger partial charge in [-0.2, -0.15) is 4.39 Å². The van der Waals surface area contributed by atoms with Gasteiger partial charge in [0.2, 0.25) is 5.82 Å². The van der Waals surface area contributed by atoms with Crippen molar-refractivity contribution in [2.45, 2.75) is 6.92 Å². The van der Waals surface area contributed by atoms with Crippen LogP contribution in [-0.4, -0.2) is 27.8 Å². The molecule has 0 atom stereocenters. The second-order valence-corrected chi connectivity index (χ2v) is 3.13. The first-order chi connectivity index (χ1) is 7.70. The van der Waals surface area contributed by atoms with E-state index in [1.165, 1.54) is 20.3 Å². The lowest BCUT2D eigenvalue weighted by Gasteiger charge is -2.12. The first-order valence-electron chi connectivity index (χ1n) is 4.73. The monoisotopic (exact) mass is 230 g/mol. The summed E-state index contributed by atoms with van der Waals surface area (Å²) in [5, 5.41) is 0. The molecule has 0 radical (unpaired) electrons. The molecule has 5 heteroatoms. The molecule has 0 fully saturated rings. The Hall–Kier alpha value is -1.33. The maximum absolute atomic E-state index is 13.8. The van der Waals surface area contributed by atoms with Gasteiger partial charge in [0.25, 0.3) is 0 Å². The fourth-order valence-electron chi connectivity index (χ4n) is 1.16. The zero-order valence-electron chi connectivity index (χ0n) is 9.58. The predicted molar refractivity (Wildman–Crippen MR) is 56.1 cm³/mol. The summed E-state index contributed by atoms with van der Waals surface area (Å²) >= 11 is 0. The highest BCUT2D eigenvalue weighted by atomic mass is 19.1. The minimum Gasteiger partial charge on any atom is -0.464 e. The molecule has 0 spiro atoms. The Morgan fingerprint density at radius 2 is 1.69 bits per heavy atom. The van der Waals surface area contributed by atoms with Gasteiger partial charge in [0.05, 0.1) is 0 Å². The number of ether oxygens (including phenoxy) is 4. The number of benzene rings is 1. The normalized spacial score (nSPS) is 10.2. The molecule has 16 heavy (non-hydrogen) atoms. The molecule has 90 valence electrons. The molecule has 0 heterocycles. The summed E-state index contributed by atoms with van der Waals surface area (Å²) < 4.78 is 33.4. The maximum Gasteiger partial charge on any atom is 0.207 e. The molecule has 0 N–H and O–H groups in total. The van der Waals surface area contributed by atoms with Crippen molar-refractivity contribution in [3.05, 3.63) is 23.5 Å². The SMILES string of the molecule is COCOc1ccc(C)c(OCOC)c1F. The third-order valence-electron chi connectivity index (χ3n) is 1.91. The standard InChI is InChI=1S/C11H15FO4/c1-8-4-5-9(15-6-13-2)10(12)11(8)16-7-14-3/h4-5H,6-7H2,1-3H3. The van der Waals surface area contributed by atoms with Crippen molar-refractivity contribution in [1.82, 2.24) is 0 Å². The van der Waals surface area contributed by atoms with Crippen LogP contribution < -0.4 is 9.47 Å². The average molecular weight is 230 g/mol. The smallest absolute Gasteiger partial charge is 0.207 e. The van der Waals surface area contributed by atoms with E-state index >= 15 is 0 Å². The number of halogens is 1. The molecule has 0 aromatic heterocycles. The van der Waals surface area contributed by atoms with Gasteiger partial charge in [-0.1, -0.05) is 6.07 Å². The molecule has 1 aromatic carbocycles. The maximum atomic E-state index is 13.8. The van der Waals surface area contributed by atoms with Gasteiger partial charge in [0, 0.05) is 14.2 Å². The number of hydrogen-bond acceptors (Lipinski definition) is 4. The van der Waals surface area contributed by atoms with Crippen molar-refractivity contribution in [2.75, 3.05) is 27.8 Å². The molecule has 0 aliphatic heterocycles. The highest BCUT2D eigenvalue weighted by Gasteiger charge is 2.13. The van der Waals surface area contributed by atoms with E-state index in [0.717, 1.165) is 0 Å². The van der Waals surface area contributed by atoms with Crippen LogP contribution in [0.25, 0.3) is 0 Å². The Morgan fingerprint density at radius 3 is 2.31 bits per heavy atom. The zero-order valence-corrected chi connectivity index (χ0v) is 9.58. The number of rotatable bonds is 6. The molecule has 0 saturated heterocycles. The molecule has 1 rings (SSSR count). The van der Waals surface area contributed by atoms with Crippen LogP contribution in [0.1, 0.15) is 5.56 Å². The lowest BCUT2D eigenvalue weighted by Crippen LogP contribution is -2.05. The topological polar surface area (TPSA) is 36.9 Å². The van der Waals surface area contributed by atoms with Crippen LogP contribution in [0.4, 0.5) is 4.39 Å². The lowest BCUT2D eigenvalue weighted by atomic mass is 10.2. The summed E-state index contributed by atoms with van der Waals surface area (Å²) in [5.74, 6) is -0.317. The van der Waals surface area contributed by atoms with E-state index < -0.39 is 5.82 Å². The van der Waals surface area contributed by atoms with Crippen LogP contribution >= 0.6 is 0 Å². The van der Waals surface area contributed by atoms with Gasteiger partial charge in [-0.3, -0.25) is 0 Å². The molecule has 0 saturated carbocycles. The summed E-state index contributed by atoms with van der Waals surface area (Å²) in [7, 11) is 2.94. The van der Waals surface area contributed by atoms with E-state index in [9.17, 15) is 4.39 Å². The molecule has 0 aliphatic rings. The number of hydrogen-bond donors (Lipinski definition) is 0. The second kappa shape index (κ2) is 6.30. The summed E-state index contributed by atoms with van der Waals surface area (Å²) in [6, 6.07) is 3.24. The van der Waals surface area contributed by atoms with Crippen molar-refractivity contribution in [3.8, 4) is 11.5 Å². The van der Waals surface area contributed by atoms with Crippen molar-refractivity contribution < 1.29 is 23.3 Å².